The predicted octanol–water partition coefficient (Wildman–Crippen LogP) is 3.58. The molecule has 1 atom stereocenters. The number of halogens is 2. The maximum absolute atomic E-state index is 13.3. The first-order valence-corrected chi connectivity index (χ1v) is 12.9. The van der Waals surface area contributed by atoms with Crippen LogP contribution in [0.25, 0.3) is 10.9 Å². The molecule has 1 N–H and O–H groups in total. The zero-order chi connectivity index (χ0) is 25.7. The van der Waals surface area contributed by atoms with Crippen molar-refractivity contribution in [2.75, 3.05) is 38.3 Å². The number of hydrogen-bond donors (Lipinski definition) is 1. The molecular weight excluding hydrogens is 527 g/mol. The molecule has 9 nitrogen and oxygen atoms in total. The maximum atomic E-state index is 13.3. The van der Waals surface area contributed by atoms with Crippen LogP contribution >= 0.6 is 35.0 Å². The summed E-state index contributed by atoms with van der Waals surface area (Å²) in [6.07, 6.45) is 0.510. The molecule has 1 fully saturated rings. The number of benzene rings is 2. The standard InChI is InChI=1S/C24H24Cl2N4O5S/c1-2-20(23(33)29-9-11-34-12-10-29)36-24-27-18-6-4-3-5-16(18)22(32)30(24)28-21(31)14-35-19-8-7-15(25)13-17(19)26/h3-8,13,20H,2,9-12,14H2,1H3,(H,28,31)/t20-/m1/s1. The van der Waals surface area contributed by atoms with Gasteiger partial charge in [-0.2, -0.15) is 4.68 Å². The minimum absolute atomic E-state index is 0.0632. The lowest BCUT2D eigenvalue weighted by Crippen LogP contribution is -2.45. The van der Waals surface area contributed by atoms with Gasteiger partial charge in [0, 0.05) is 18.1 Å². The zero-order valence-corrected chi connectivity index (χ0v) is 21.7. The quantitative estimate of drug-likeness (QED) is 0.337. The largest absolute Gasteiger partial charge is 0.482 e. The molecule has 0 unspecified atom stereocenters. The number of ether oxygens (including phenoxy) is 2. The van der Waals surface area contributed by atoms with Gasteiger partial charge in [-0.1, -0.05) is 54.0 Å². The minimum Gasteiger partial charge on any atom is -0.482 e. The van der Waals surface area contributed by atoms with Gasteiger partial charge < -0.3 is 14.4 Å². The molecule has 12 heteroatoms. The van der Waals surface area contributed by atoms with Gasteiger partial charge in [-0.3, -0.25) is 19.8 Å². The highest BCUT2D eigenvalue weighted by atomic mass is 35.5. The van der Waals surface area contributed by atoms with Crippen LogP contribution in [0.4, 0.5) is 0 Å². The van der Waals surface area contributed by atoms with Crippen molar-refractivity contribution in [1.82, 2.24) is 14.6 Å². The summed E-state index contributed by atoms with van der Waals surface area (Å²) in [5, 5.41) is 0.720. The van der Waals surface area contributed by atoms with E-state index in [0.29, 0.717) is 48.6 Å². The van der Waals surface area contributed by atoms with Crippen molar-refractivity contribution in [1.29, 1.82) is 0 Å². The Morgan fingerprint density at radius 3 is 2.67 bits per heavy atom. The average molecular weight is 551 g/mol. The molecule has 3 aromatic rings. The lowest BCUT2D eigenvalue weighted by Gasteiger charge is -2.30. The van der Waals surface area contributed by atoms with Gasteiger partial charge in [-0.25, -0.2) is 4.98 Å². The Labute approximate surface area is 221 Å². The molecule has 2 amide bonds. The van der Waals surface area contributed by atoms with Crippen molar-refractivity contribution in [3.63, 3.8) is 0 Å². The number of fused-ring (bicyclic) bond motifs is 1. The Balaban J connectivity index is 1.58. The lowest BCUT2D eigenvalue weighted by molar-refractivity contribution is -0.134. The minimum atomic E-state index is -0.602. The van der Waals surface area contributed by atoms with E-state index >= 15 is 0 Å². The van der Waals surface area contributed by atoms with Gasteiger partial charge in [0.05, 0.1) is 34.4 Å². The van der Waals surface area contributed by atoms with Crippen LogP contribution in [0, 0.1) is 0 Å². The van der Waals surface area contributed by atoms with Crippen LogP contribution in [0.3, 0.4) is 0 Å². The van der Waals surface area contributed by atoms with E-state index in [1.54, 1.807) is 41.3 Å². The number of amides is 2. The number of nitrogens with zero attached hydrogens (tertiary/aromatic N) is 3. The molecule has 2 heterocycles. The highest BCUT2D eigenvalue weighted by molar-refractivity contribution is 8.00. The molecule has 0 bridgehead atoms. The van der Waals surface area contributed by atoms with E-state index in [0.717, 1.165) is 16.4 Å². The van der Waals surface area contributed by atoms with Gasteiger partial charge >= 0.3 is 0 Å². The van der Waals surface area contributed by atoms with Crippen molar-refractivity contribution in [2.45, 2.75) is 23.8 Å². The summed E-state index contributed by atoms with van der Waals surface area (Å²) in [5.74, 6) is -0.390. The number of hydrogen-bond acceptors (Lipinski definition) is 7. The van der Waals surface area contributed by atoms with Crippen LogP contribution in [0.2, 0.25) is 10.0 Å². The van der Waals surface area contributed by atoms with Gasteiger partial charge in [0.2, 0.25) is 5.91 Å². The van der Waals surface area contributed by atoms with Crippen LogP contribution in [-0.4, -0.2) is 64.5 Å². The normalized spacial score (nSPS) is 14.5. The Hall–Kier alpha value is -2.79. The second-order valence-corrected chi connectivity index (χ2v) is 9.92. The molecule has 1 aliphatic heterocycles. The van der Waals surface area contributed by atoms with Gasteiger partial charge in [0.1, 0.15) is 5.75 Å². The molecule has 0 aliphatic carbocycles. The number of aromatic nitrogens is 2. The van der Waals surface area contributed by atoms with Gasteiger partial charge in [0.25, 0.3) is 11.5 Å². The number of carbonyl (C=O) groups excluding carboxylic acids is 2. The topological polar surface area (TPSA) is 103 Å². The van der Waals surface area contributed by atoms with E-state index in [2.05, 4.69) is 10.4 Å². The van der Waals surface area contributed by atoms with E-state index in [1.165, 1.54) is 6.07 Å². The van der Waals surface area contributed by atoms with E-state index in [1.807, 2.05) is 6.92 Å². The summed E-state index contributed by atoms with van der Waals surface area (Å²) in [7, 11) is 0. The third kappa shape index (κ3) is 6.12. The van der Waals surface area contributed by atoms with Crippen molar-refractivity contribution in [2.24, 2.45) is 0 Å². The van der Waals surface area contributed by atoms with E-state index < -0.39 is 23.3 Å². The summed E-state index contributed by atoms with van der Waals surface area (Å²) in [4.78, 5) is 45.5. The second kappa shape index (κ2) is 12.0. The van der Waals surface area contributed by atoms with Crippen LogP contribution in [-0.2, 0) is 14.3 Å². The summed E-state index contributed by atoms with van der Waals surface area (Å²) >= 11 is 13.1. The van der Waals surface area contributed by atoms with E-state index in [4.69, 9.17) is 32.7 Å². The van der Waals surface area contributed by atoms with Crippen molar-refractivity contribution in [3.05, 3.63) is 62.9 Å². The molecule has 0 saturated carbocycles. The lowest BCUT2D eigenvalue weighted by atomic mass is 10.2. The number of para-hydroxylation sites is 1. The summed E-state index contributed by atoms with van der Waals surface area (Å²) < 4.78 is 11.9. The fraction of sp³-hybridized carbons (Fsp3) is 0.333. The summed E-state index contributed by atoms with van der Waals surface area (Å²) in [5.41, 5.74) is 2.57. The molecule has 2 aromatic carbocycles. The van der Waals surface area contributed by atoms with Gasteiger partial charge in [0.15, 0.2) is 11.8 Å². The predicted molar refractivity (Wildman–Crippen MR) is 140 cm³/mol. The van der Waals surface area contributed by atoms with Crippen LogP contribution in [0.5, 0.6) is 5.75 Å². The van der Waals surface area contributed by atoms with Crippen molar-refractivity contribution in [3.8, 4) is 5.75 Å². The molecule has 190 valence electrons. The first-order chi connectivity index (χ1) is 17.4. The smallest absolute Gasteiger partial charge is 0.281 e. The summed E-state index contributed by atoms with van der Waals surface area (Å²) in [6, 6.07) is 11.5. The van der Waals surface area contributed by atoms with Crippen LogP contribution in [0.15, 0.2) is 52.4 Å². The second-order valence-electron chi connectivity index (χ2n) is 7.90. The van der Waals surface area contributed by atoms with Gasteiger partial charge in [-0.05, 0) is 36.8 Å². The number of morpholine rings is 1. The third-order valence-electron chi connectivity index (χ3n) is 5.45. The number of nitrogens with one attached hydrogen (secondary N) is 1. The third-order valence-corrected chi connectivity index (χ3v) is 7.29. The number of thioether (sulfide) groups is 1. The Kier molecular flexibility index (Phi) is 8.73. The highest BCUT2D eigenvalue weighted by Crippen LogP contribution is 2.28. The average Bonchev–Trinajstić information content (AvgIpc) is 2.89. The highest BCUT2D eigenvalue weighted by Gasteiger charge is 2.28. The fourth-order valence-corrected chi connectivity index (χ4v) is 5.12. The van der Waals surface area contributed by atoms with Gasteiger partial charge in [-0.15, -0.1) is 0 Å². The SMILES string of the molecule is CC[C@@H](Sc1nc2ccccc2c(=O)n1NC(=O)COc1ccc(Cl)cc1Cl)C(=O)N1CCOCC1. The monoisotopic (exact) mass is 550 g/mol. The molecule has 0 radical (unpaired) electrons. The summed E-state index contributed by atoms with van der Waals surface area (Å²) in [6.45, 7) is 3.47. The Bertz CT molecular complexity index is 1330. The molecule has 1 aromatic heterocycles. The van der Waals surface area contributed by atoms with Crippen molar-refractivity contribution >= 4 is 57.7 Å². The molecule has 0 spiro atoms. The van der Waals surface area contributed by atoms with E-state index in [-0.39, 0.29) is 21.8 Å². The molecule has 4 rings (SSSR count). The maximum Gasteiger partial charge on any atom is 0.281 e. The molecular formula is C24H24Cl2N4O5S. The Morgan fingerprint density at radius 1 is 1.19 bits per heavy atom. The fourth-order valence-electron chi connectivity index (χ4n) is 3.61. The molecule has 1 saturated heterocycles. The number of rotatable bonds is 8. The van der Waals surface area contributed by atoms with Crippen LogP contribution in [0.1, 0.15) is 13.3 Å². The Morgan fingerprint density at radius 2 is 1.94 bits per heavy atom. The van der Waals surface area contributed by atoms with Crippen molar-refractivity contribution < 1.29 is 19.1 Å². The molecule has 1 aliphatic rings. The first-order valence-electron chi connectivity index (χ1n) is 11.3. The van der Waals surface area contributed by atoms with E-state index in [9.17, 15) is 14.4 Å². The number of carbonyl (C=O) groups is 2. The van der Waals surface area contributed by atoms with Crippen LogP contribution < -0.4 is 15.7 Å². The molecule has 36 heavy (non-hydrogen) atoms. The zero-order valence-electron chi connectivity index (χ0n) is 19.4. The first kappa shape index (κ1) is 26.3.